The van der Waals surface area contributed by atoms with E-state index in [9.17, 15) is 14.4 Å². The maximum absolute atomic E-state index is 13.3. The van der Waals surface area contributed by atoms with E-state index in [1.54, 1.807) is 18.4 Å². The Morgan fingerprint density at radius 2 is 1.80 bits per heavy atom. The topological polar surface area (TPSA) is 92.5 Å². The molecule has 4 rings (SSSR count). The van der Waals surface area contributed by atoms with Crippen LogP contribution in [-0.2, 0) is 23.1 Å². The molecule has 0 fully saturated rings. The van der Waals surface area contributed by atoms with Gasteiger partial charge in [0, 0.05) is 30.7 Å². The first-order chi connectivity index (χ1) is 14.4. The molecule has 0 saturated carbocycles. The van der Waals surface area contributed by atoms with Gasteiger partial charge in [0.1, 0.15) is 0 Å². The average molecular weight is 409 g/mol. The summed E-state index contributed by atoms with van der Waals surface area (Å²) in [6.07, 6.45) is -0.0561. The second kappa shape index (κ2) is 7.33. The number of carbonyl (C=O) groups excluding carboxylic acids is 1. The molecule has 1 aromatic carbocycles. The Hall–Kier alpha value is -3.62. The normalized spacial score (nSPS) is 11.5. The molecule has 0 aliphatic heterocycles. The van der Waals surface area contributed by atoms with Crippen LogP contribution in [-0.4, -0.2) is 35.7 Å². The highest BCUT2D eigenvalue weighted by molar-refractivity contribution is 5.77. The lowest BCUT2D eigenvalue weighted by atomic mass is 10.3. The predicted molar refractivity (Wildman–Crippen MR) is 112 cm³/mol. The van der Waals surface area contributed by atoms with Gasteiger partial charge in [-0.3, -0.25) is 27.7 Å². The molecule has 3 aromatic heterocycles. The van der Waals surface area contributed by atoms with Crippen LogP contribution in [0.4, 0.5) is 0 Å². The number of rotatable bonds is 5. The van der Waals surface area contributed by atoms with Crippen LogP contribution in [0.3, 0.4) is 0 Å². The molecule has 0 atom stereocenters. The van der Waals surface area contributed by atoms with E-state index in [1.807, 2.05) is 48.7 Å². The first kappa shape index (κ1) is 19.7. The number of fused-ring (bicyclic) bond motifs is 3. The Morgan fingerprint density at radius 1 is 1.10 bits per heavy atom. The molecule has 9 nitrogen and oxygen atoms in total. The quantitative estimate of drug-likeness (QED) is 0.468. The molecule has 3 heterocycles. The molecule has 30 heavy (non-hydrogen) atoms. The summed E-state index contributed by atoms with van der Waals surface area (Å²) in [5.41, 5.74) is 2.33. The molecular formula is C21H23N5O4. The summed E-state index contributed by atoms with van der Waals surface area (Å²) in [4.78, 5) is 42.5. The lowest BCUT2D eigenvalue weighted by Crippen LogP contribution is -2.40. The molecule has 0 radical (unpaired) electrons. The monoisotopic (exact) mass is 409 g/mol. The zero-order valence-electron chi connectivity index (χ0n) is 17.4. The number of aryl methyl sites for hydroxylation is 2. The van der Waals surface area contributed by atoms with Gasteiger partial charge in [0.15, 0.2) is 11.2 Å². The van der Waals surface area contributed by atoms with Gasteiger partial charge in [0.05, 0.1) is 13.0 Å². The number of aromatic nitrogens is 5. The molecule has 4 aromatic rings. The lowest BCUT2D eigenvalue weighted by molar-refractivity contribution is -0.143. The van der Waals surface area contributed by atoms with Crippen molar-refractivity contribution in [3.63, 3.8) is 0 Å². The summed E-state index contributed by atoms with van der Waals surface area (Å²) in [5, 5.41) is 0. The van der Waals surface area contributed by atoms with Crippen LogP contribution in [0.5, 0.6) is 0 Å². The van der Waals surface area contributed by atoms with Gasteiger partial charge in [-0.2, -0.15) is 4.98 Å². The van der Waals surface area contributed by atoms with Gasteiger partial charge in [-0.05, 0) is 32.9 Å². The van der Waals surface area contributed by atoms with Gasteiger partial charge in [-0.25, -0.2) is 4.79 Å². The van der Waals surface area contributed by atoms with Crippen molar-refractivity contribution in [2.24, 2.45) is 7.05 Å². The maximum Gasteiger partial charge on any atom is 0.332 e. The van der Waals surface area contributed by atoms with E-state index in [0.29, 0.717) is 16.9 Å². The molecule has 0 saturated heterocycles. The van der Waals surface area contributed by atoms with E-state index in [4.69, 9.17) is 4.74 Å². The van der Waals surface area contributed by atoms with E-state index in [-0.39, 0.29) is 19.6 Å². The number of nitrogens with zero attached hydrogens (tertiary/aromatic N) is 5. The molecular weight excluding hydrogens is 386 g/mol. The van der Waals surface area contributed by atoms with Gasteiger partial charge >= 0.3 is 11.7 Å². The Morgan fingerprint density at radius 3 is 2.47 bits per heavy atom. The number of hydrogen-bond acceptors (Lipinski definition) is 5. The first-order valence-electron chi connectivity index (χ1n) is 9.77. The minimum absolute atomic E-state index is 0.0507. The smallest absolute Gasteiger partial charge is 0.332 e. The van der Waals surface area contributed by atoms with Gasteiger partial charge in [-0.1, -0.05) is 18.2 Å². The third kappa shape index (κ3) is 2.85. The van der Waals surface area contributed by atoms with Crippen molar-refractivity contribution in [2.45, 2.75) is 33.7 Å². The largest absolute Gasteiger partial charge is 0.466 e. The molecule has 0 bridgehead atoms. The Kier molecular flexibility index (Phi) is 4.81. The van der Waals surface area contributed by atoms with Crippen molar-refractivity contribution in [1.29, 1.82) is 0 Å². The fourth-order valence-electron chi connectivity index (χ4n) is 3.77. The van der Waals surface area contributed by atoms with Crippen LogP contribution in [0.2, 0.25) is 0 Å². The first-order valence-corrected chi connectivity index (χ1v) is 9.77. The molecule has 0 aliphatic rings. The average Bonchev–Trinajstić information content (AvgIpc) is 3.23. The zero-order valence-corrected chi connectivity index (χ0v) is 17.4. The minimum atomic E-state index is -0.516. The van der Waals surface area contributed by atoms with Crippen molar-refractivity contribution >= 4 is 22.9 Å². The van der Waals surface area contributed by atoms with Crippen LogP contribution in [0.1, 0.15) is 24.7 Å². The summed E-state index contributed by atoms with van der Waals surface area (Å²) in [6.45, 7) is 5.78. The SMILES string of the molecule is CCOC(=O)CCn1c(=O)c2c(nc3n(-c4ccccc4)c(C)c(C)n23)n(C)c1=O. The van der Waals surface area contributed by atoms with Crippen molar-refractivity contribution < 1.29 is 9.53 Å². The van der Waals surface area contributed by atoms with Crippen molar-refractivity contribution in [2.75, 3.05) is 6.61 Å². The third-order valence-corrected chi connectivity index (χ3v) is 5.38. The summed E-state index contributed by atoms with van der Waals surface area (Å²) >= 11 is 0. The Labute approximate surface area is 171 Å². The van der Waals surface area contributed by atoms with Crippen LogP contribution >= 0.6 is 0 Å². The predicted octanol–water partition coefficient (Wildman–Crippen LogP) is 1.71. The highest BCUT2D eigenvalue weighted by atomic mass is 16.5. The Balaban J connectivity index is 2.00. The lowest BCUT2D eigenvalue weighted by Gasteiger charge is -2.08. The fraction of sp³-hybridized carbons (Fsp3) is 0.333. The Bertz CT molecular complexity index is 1390. The van der Waals surface area contributed by atoms with E-state index >= 15 is 0 Å². The van der Waals surface area contributed by atoms with E-state index < -0.39 is 17.2 Å². The number of benzene rings is 1. The number of para-hydroxylation sites is 1. The molecule has 156 valence electrons. The van der Waals surface area contributed by atoms with Crippen molar-refractivity contribution in [3.8, 4) is 5.69 Å². The third-order valence-electron chi connectivity index (χ3n) is 5.38. The number of imidazole rings is 2. The second-order valence-electron chi connectivity index (χ2n) is 7.11. The number of carbonyl (C=O) groups is 1. The summed E-state index contributed by atoms with van der Waals surface area (Å²) in [7, 11) is 1.58. The molecule has 9 heteroatoms. The van der Waals surface area contributed by atoms with E-state index in [2.05, 4.69) is 4.98 Å². The van der Waals surface area contributed by atoms with Crippen LogP contribution in [0.15, 0.2) is 39.9 Å². The standard InChI is InChI=1S/C21H23N5O4/c1-5-30-16(27)11-12-24-19(28)17-18(23(4)21(24)29)22-20-25(13(2)14(3)26(17)20)15-9-7-6-8-10-15/h6-10H,5,11-12H2,1-4H3. The van der Waals surface area contributed by atoms with E-state index in [1.165, 1.54) is 4.57 Å². The molecule has 0 unspecified atom stereocenters. The maximum atomic E-state index is 13.3. The van der Waals surface area contributed by atoms with Crippen LogP contribution < -0.4 is 11.2 Å². The molecule has 0 amide bonds. The van der Waals surface area contributed by atoms with Crippen LogP contribution in [0.25, 0.3) is 22.6 Å². The highest BCUT2D eigenvalue weighted by Gasteiger charge is 2.23. The molecule has 0 N–H and O–H groups in total. The summed E-state index contributed by atoms with van der Waals surface area (Å²) < 4.78 is 11.1. The van der Waals surface area contributed by atoms with Crippen molar-refractivity contribution in [1.82, 2.24) is 23.1 Å². The molecule has 0 spiro atoms. The number of hydrogen-bond donors (Lipinski definition) is 0. The number of esters is 1. The number of ether oxygens (including phenoxy) is 1. The van der Waals surface area contributed by atoms with Crippen LogP contribution in [0, 0.1) is 13.8 Å². The van der Waals surface area contributed by atoms with Gasteiger partial charge in [0.25, 0.3) is 5.56 Å². The van der Waals surface area contributed by atoms with Gasteiger partial charge in [0.2, 0.25) is 5.78 Å². The highest BCUT2D eigenvalue weighted by Crippen LogP contribution is 2.24. The van der Waals surface area contributed by atoms with Gasteiger partial charge in [-0.15, -0.1) is 0 Å². The zero-order chi connectivity index (χ0) is 21.6. The van der Waals surface area contributed by atoms with E-state index in [0.717, 1.165) is 21.6 Å². The van der Waals surface area contributed by atoms with Crippen molar-refractivity contribution in [3.05, 3.63) is 62.6 Å². The summed E-state index contributed by atoms with van der Waals surface area (Å²) in [6, 6.07) is 9.72. The second-order valence-corrected chi connectivity index (χ2v) is 7.11. The summed E-state index contributed by atoms with van der Waals surface area (Å²) in [5.74, 6) is 0.105. The molecule has 0 aliphatic carbocycles. The van der Waals surface area contributed by atoms with Gasteiger partial charge < -0.3 is 4.74 Å². The minimum Gasteiger partial charge on any atom is -0.466 e. The fourth-order valence-corrected chi connectivity index (χ4v) is 3.77.